The third-order valence-electron chi connectivity index (χ3n) is 2.03. The predicted octanol–water partition coefficient (Wildman–Crippen LogP) is 1.56. The number of likely N-dealkylation sites (N-methyl/N-ethyl adjacent to an activating group) is 1. The van der Waals surface area contributed by atoms with Crippen molar-refractivity contribution in [3.05, 3.63) is 35.4 Å². The van der Waals surface area contributed by atoms with E-state index in [1.807, 2.05) is 14.1 Å². The van der Waals surface area contributed by atoms with Crippen LogP contribution in [-0.4, -0.2) is 25.5 Å². The van der Waals surface area contributed by atoms with E-state index in [4.69, 9.17) is 5.73 Å². The summed E-state index contributed by atoms with van der Waals surface area (Å²) in [5.41, 5.74) is 8.51. The zero-order chi connectivity index (χ0) is 9.84. The van der Waals surface area contributed by atoms with Gasteiger partial charge < -0.3 is 10.6 Å². The van der Waals surface area contributed by atoms with Gasteiger partial charge in [0.15, 0.2) is 0 Å². The largest absolute Gasteiger partial charge is 0.323 e. The van der Waals surface area contributed by atoms with Gasteiger partial charge in [-0.2, -0.15) is 0 Å². The van der Waals surface area contributed by atoms with Crippen molar-refractivity contribution in [3.8, 4) is 0 Å². The number of benzene rings is 1. The fourth-order valence-electron chi connectivity index (χ4n) is 1.40. The van der Waals surface area contributed by atoms with E-state index >= 15 is 0 Å². The van der Waals surface area contributed by atoms with Crippen LogP contribution < -0.4 is 5.73 Å². The van der Waals surface area contributed by atoms with E-state index in [0.29, 0.717) is 0 Å². The first kappa shape index (κ1) is 10.2. The number of hydrogen-bond donors (Lipinski definition) is 1. The Bertz CT molecular complexity index is 269. The molecule has 0 heterocycles. The lowest BCUT2D eigenvalue weighted by Crippen LogP contribution is -2.25. The maximum absolute atomic E-state index is 6.02. The van der Waals surface area contributed by atoms with Crippen LogP contribution in [0.2, 0.25) is 0 Å². The highest BCUT2D eigenvalue weighted by Crippen LogP contribution is 2.12. The third-order valence-corrected chi connectivity index (χ3v) is 2.03. The van der Waals surface area contributed by atoms with Gasteiger partial charge in [-0.1, -0.05) is 29.8 Å². The molecule has 2 heteroatoms. The first-order chi connectivity index (χ1) is 6.09. The van der Waals surface area contributed by atoms with Gasteiger partial charge in [0.05, 0.1) is 0 Å². The molecule has 0 aliphatic carbocycles. The van der Waals surface area contributed by atoms with Gasteiger partial charge in [-0.25, -0.2) is 0 Å². The molecule has 1 aromatic rings. The zero-order valence-corrected chi connectivity index (χ0v) is 8.62. The minimum Gasteiger partial charge on any atom is -0.323 e. The summed E-state index contributed by atoms with van der Waals surface area (Å²) in [6.07, 6.45) is 0. The summed E-state index contributed by atoms with van der Waals surface area (Å²) in [5, 5.41) is 0. The van der Waals surface area contributed by atoms with Crippen molar-refractivity contribution in [2.75, 3.05) is 20.6 Å². The molecule has 0 radical (unpaired) electrons. The van der Waals surface area contributed by atoms with Crippen LogP contribution in [0.25, 0.3) is 0 Å². The van der Waals surface area contributed by atoms with E-state index in [-0.39, 0.29) is 6.04 Å². The van der Waals surface area contributed by atoms with Crippen molar-refractivity contribution in [1.29, 1.82) is 0 Å². The molecular weight excluding hydrogens is 160 g/mol. The lowest BCUT2D eigenvalue weighted by molar-refractivity contribution is 0.376. The molecule has 2 nitrogen and oxygen atoms in total. The van der Waals surface area contributed by atoms with Crippen molar-refractivity contribution in [1.82, 2.24) is 4.90 Å². The predicted molar refractivity (Wildman–Crippen MR) is 56.7 cm³/mol. The topological polar surface area (TPSA) is 29.3 Å². The van der Waals surface area contributed by atoms with Crippen molar-refractivity contribution in [2.45, 2.75) is 13.0 Å². The van der Waals surface area contributed by atoms with Crippen molar-refractivity contribution in [2.24, 2.45) is 5.73 Å². The Kier molecular flexibility index (Phi) is 3.46. The van der Waals surface area contributed by atoms with Crippen LogP contribution in [0.3, 0.4) is 0 Å². The molecule has 1 atom stereocenters. The second-order valence-electron chi connectivity index (χ2n) is 3.78. The van der Waals surface area contributed by atoms with Crippen LogP contribution in [-0.2, 0) is 0 Å². The highest BCUT2D eigenvalue weighted by molar-refractivity contribution is 5.24. The highest BCUT2D eigenvalue weighted by Gasteiger charge is 2.06. The van der Waals surface area contributed by atoms with Crippen LogP contribution in [0.5, 0.6) is 0 Å². The molecule has 13 heavy (non-hydrogen) atoms. The monoisotopic (exact) mass is 178 g/mol. The van der Waals surface area contributed by atoms with Crippen molar-refractivity contribution < 1.29 is 0 Å². The summed E-state index contributed by atoms with van der Waals surface area (Å²) in [6, 6.07) is 8.50. The molecule has 0 bridgehead atoms. The van der Waals surface area contributed by atoms with Crippen LogP contribution in [0.15, 0.2) is 24.3 Å². The average Bonchev–Trinajstić information content (AvgIpc) is 2.03. The SMILES string of the molecule is Cc1cccc(C(N)CN(C)C)c1. The summed E-state index contributed by atoms with van der Waals surface area (Å²) >= 11 is 0. The highest BCUT2D eigenvalue weighted by atomic mass is 15.1. The number of nitrogens with zero attached hydrogens (tertiary/aromatic N) is 1. The van der Waals surface area contributed by atoms with E-state index in [0.717, 1.165) is 6.54 Å². The summed E-state index contributed by atoms with van der Waals surface area (Å²) in [4.78, 5) is 2.10. The maximum atomic E-state index is 6.02. The first-order valence-corrected chi connectivity index (χ1v) is 4.56. The molecule has 1 unspecified atom stereocenters. The molecule has 0 amide bonds. The molecule has 72 valence electrons. The fourth-order valence-corrected chi connectivity index (χ4v) is 1.40. The lowest BCUT2D eigenvalue weighted by atomic mass is 10.1. The van der Waals surface area contributed by atoms with Crippen molar-refractivity contribution in [3.63, 3.8) is 0 Å². The molecule has 0 aliphatic rings. The van der Waals surface area contributed by atoms with Crippen LogP contribution in [0, 0.1) is 6.92 Å². The standard InChI is InChI=1S/C11H18N2/c1-9-5-4-6-10(7-9)11(12)8-13(2)3/h4-7,11H,8,12H2,1-3H3. The number of nitrogens with two attached hydrogens (primary N) is 1. The molecular formula is C11H18N2. The molecule has 1 rings (SSSR count). The molecule has 1 aromatic carbocycles. The molecule has 0 saturated heterocycles. The van der Waals surface area contributed by atoms with Gasteiger partial charge >= 0.3 is 0 Å². The normalized spacial score (nSPS) is 13.3. The number of rotatable bonds is 3. The Labute approximate surface area is 80.4 Å². The zero-order valence-electron chi connectivity index (χ0n) is 8.62. The Hall–Kier alpha value is -0.860. The van der Waals surface area contributed by atoms with Gasteiger partial charge in [-0.3, -0.25) is 0 Å². The first-order valence-electron chi connectivity index (χ1n) is 4.56. The molecule has 0 aliphatic heterocycles. The van der Waals surface area contributed by atoms with E-state index < -0.39 is 0 Å². The van der Waals surface area contributed by atoms with Gasteiger partial charge in [0.25, 0.3) is 0 Å². The van der Waals surface area contributed by atoms with E-state index in [2.05, 4.69) is 36.1 Å². The van der Waals surface area contributed by atoms with Gasteiger partial charge in [0.1, 0.15) is 0 Å². The second-order valence-corrected chi connectivity index (χ2v) is 3.78. The Morgan fingerprint density at radius 1 is 1.38 bits per heavy atom. The minimum absolute atomic E-state index is 0.120. The van der Waals surface area contributed by atoms with Crippen LogP contribution in [0.1, 0.15) is 17.2 Å². The summed E-state index contributed by atoms with van der Waals surface area (Å²) in [5.74, 6) is 0. The second kappa shape index (κ2) is 4.40. The van der Waals surface area contributed by atoms with Crippen molar-refractivity contribution >= 4 is 0 Å². The fraction of sp³-hybridized carbons (Fsp3) is 0.455. The molecule has 0 fully saturated rings. The van der Waals surface area contributed by atoms with Gasteiger partial charge in [-0.05, 0) is 26.6 Å². The molecule has 0 spiro atoms. The molecule has 0 saturated carbocycles. The smallest absolute Gasteiger partial charge is 0.0424 e. The Morgan fingerprint density at radius 3 is 2.62 bits per heavy atom. The Morgan fingerprint density at radius 2 is 2.08 bits per heavy atom. The van der Waals surface area contributed by atoms with E-state index in [1.54, 1.807) is 0 Å². The van der Waals surface area contributed by atoms with Crippen LogP contribution in [0.4, 0.5) is 0 Å². The van der Waals surface area contributed by atoms with E-state index in [9.17, 15) is 0 Å². The average molecular weight is 178 g/mol. The maximum Gasteiger partial charge on any atom is 0.0424 e. The Balaban J connectivity index is 2.71. The van der Waals surface area contributed by atoms with E-state index in [1.165, 1.54) is 11.1 Å². The van der Waals surface area contributed by atoms with Gasteiger partial charge in [0.2, 0.25) is 0 Å². The summed E-state index contributed by atoms with van der Waals surface area (Å²) in [6.45, 7) is 2.98. The minimum atomic E-state index is 0.120. The number of aryl methyl sites for hydroxylation is 1. The third kappa shape index (κ3) is 3.17. The van der Waals surface area contributed by atoms with Gasteiger partial charge in [0, 0.05) is 12.6 Å². The summed E-state index contributed by atoms with van der Waals surface area (Å²) in [7, 11) is 4.07. The quantitative estimate of drug-likeness (QED) is 0.761. The molecule has 0 aromatic heterocycles. The van der Waals surface area contributed by atoms with Gasteiger partial charge in [-0.15, -0.1) is 0 Å². The number of hydrogen-bond acceptors (Lipinski definition) is 2. The molecule has 2 N–H and O–H groups in total. The lowest BCUT2D eigenvalue weighted by Gasteiger charge is -2.17. The van der Waals surface area contributed by atoms with Crippen LogP contribution >= 0.6 is 0 Å². The summed E-state index contributed by atoms with van der Waals surface area (Å²) < 4.78 is 0.